The molecular weight excluding hydrogens is 368 g/mol. The molecule has 0 radical (unpaired) electrons. The van der Waals surface area contributed by atoms with E-state index in [-0.39, 0.29) is 17.1 Å². The second-order valence-corrected chi connectivity index (χ2v) is 7.81. The second-order valence-electron chi connectivity index (χ2n) is 5.99. The molecule has 4 nitrogen and oxygen atoms in total. The van der Waals surface area contributed by atoms with Gasteiger partial charge in [-0.3, -0.25) is 9.59 Å². The molecule has 0 spiro atoms. The number of anilines is 2. The molecule has 2 aromatic carbocycles. The number of hydrogen-bond donors (Lipinski definition) is 2. The molecule has 2 rings (SSSR count). The number of amides is 2. The van der Waals surface area contributed by atoms with E-state index in [9.17, 15) is 9.59 Å². The molecule has 0 heterocycles. The monoisotopic (exact) mass is 390 g/mol. The Labute approximate surface area is 163 Å². The van der Waals surface area contributed by atoms with Gasteiger partial charge in [-0.05, 0) is 56.2 Å². The van der Waals surface area contributed by atoms with Crippen LogP contribution >= 0.6 is 23.4 Å². The molecular formula is C20H23ClN2O2S. The highest BCUT2D eigenvalue weighted by Gasteiger charge is 2.16. The second kappa shape index (κ2) is 9.64. The van der Waals surface area contributed by atoms with Crippen LogP contribution < -0.4 is 10.6 Å². The molecule has 1 atom stereocenters. The van der Waals surface area contributed by atoms with Gasteiger partial charge >= 0.3 is 0 Å². The van der Waals surface area contributed by atoms with Crippen molar-refractivity contribution in [1.82, 2.24) is 0 Å². The van der Waals surface area contributed by atoms with Gasteiger partial charge in [-0.1, -0.05) is 30.7 Å². The minimum atomic E-state index is -0.296. The summed E-state index contributed by atoms with van der Waals surface area (Å²) in [5.74, 6) is -0.0994. The first-order valence-corrected chi connectivity index (χ1v) is 9.79. The molecule has 0 aromatic heterocycles. The summed E-state index contributed by atoms with van der Waals surface area (Å²) < 4.78 is 0. The zero-order valence-corrected chi connectivity index (χ0v) is 16.7. The number of hydrogen-bond acceptors (Lipinski definition) is 3. The normalized spacial score (nSPS) is 11.7. The topological polar surface area (TPSA) is 58.2 Å². The molecule has 0 bridgehead atoms. The molecule has 2 N–H and O–H groups in total. The number of halogens is 1. The summed E-state index contributed by atoms with van der Waals surface area (Å²) in [6, 6.07) is 13.0. The van der Waals surface area contributed by atoms with E-state index in [1.807, 2.05) is 57.2 Å². The Morgan fingerprint density at radius 1 is 1.15 bits per heavy atom. The van der Waals surface area contributed by atoms with Gasteiger partial charge in [0, 0.05) is 27.7 Å². The molecule has 26 heavy (non-hydrogen) atoms. The van der Waals surface area contributed by atoms with Crippen molar-refractivity contribution in [2.45, 2.75) is 43.8 Å². The molecule has 138 valence electrons. The zero-order chi connectivity index (χ0) is 19.1. The first kappa shape index (κ1) is 20.3. The Bertz CT molecular complexity index is 795. The summed E-state index contributed by atoms with van der Waals surface area (Å²) in [6.07, 6.45) is 1.30. The smallest absolute Gasteiger partial charge is 0.237 e. The zero-order valence-electron chi connectivity index (χ0n) is 15.1. The van der Waals surface area contributed by atoms with Crippen LogP contribution in [-0.2, 0) is 9.59 Å². The van der Waals surface area contributed by atoms with Gasteiger partial charge in [0.25, 0.3) is 0 Å². The van der Waals surface area contributed by atoms with Crippen molar-refractivity contribution >= 4 is 46.6 Å². The fourth-order valence-electron chi connectivity index (χ4n) is 2.33. The summed E-state index contributed by atoms with van der Waals surface area (Å²) in [7, 11) is 0. The number of benzene rings is 2. The fraction of sp³-hybridized carbons (Fsp3) is 0.300. The lowest BCUT2D eigenvalue weighted by molar-refractivity contribution is -0.116. The lowest BCUT2D eigenvalue weighted by Crippen LogP contribution is -2.22. The maximum absolute atomic E-state index is 12.5. The van der Waals surface area contributed by atoms with E-state index in [1.54, 1.807) is 6.07 Å². The molecule has 6 heteroatoms. The average Bonchev–Trinajstić information content (AvgIpc) is 2.59. The van der Waals surface area contributed by atoms with Crippen LogP contribution in [0.3, 0.4) is 0 Å². The van der Waals surface area contributed by atoms with Crippen molar-refractivity contribution in [3.05, 3.63) is 53.1 Å². The highest BCUT2D eigenvalue weighted by atomic mass is 35.5. The number of carbonyl (C=O) groups is 2. The first-order valence-electron chi connectivity index (χ1n) is 8.53. The van der Waals surface area contributed by atoms with Crippen molar-refractivity contribution in [2.75, 3.05) is 10.6 Å². The van der Waals surface area contributed by atoms with E-state index < -0.39 is 0 Å². The van der Waals surface area contributed by atoms with Gasteiger partial charge < -0.3 is 10.6 Å². The summed E-state index contributed by atoms with van der Waals surface area (Å²) in [6.45, 7) is 5.69. The molecule has 0 aliphatic carbocycles. The van der Waals surface area contributed by atoms with Crippen LogP contribution in [0.25, 0.3) is 0 Å². The van der Waals surface area contributed by atoms with E-state index in [2.05, 4.69) is 10.6 Å². The Morgan fingerprint density at radius 3 is 2.62 bits per heavy atom. The van der Waals surface area contributed by atoms with E-state index in [0.29, 0.717) is 11.4 Å². The van der Waals surface area contributed by atoms with Gasteiger partial charge in [0.05, 0.1) is 5.25 Å². The summed E-state index contributed by atoms with van der Waals surface area (Å²) in [5, 5.41) is 6.12. The first-order chi connectivity index (χ1) is 12.4. The van der Waals surface area contributed by atoms with Crippen LogP contribution in [-0.4, -0.2) is 17.1 Å². The number of nitrogens with one attached hydrogen (secondary N) is 2. The summed E-state index contributed by atoms with van der Waals surface area (Å²) in [5.41, 5.74) is 2.31. The highest BCUT2D eigenvalue weighted by molar-refractivity contribution is 8.00. The molecule has 0 saturated carbocycles. The minimum Gasteiger partial charge on any atom is -0.326 e. The largest absolute Gasteiger partial charge is 0.326 e. The van der Waals surface area contributed by atoms with E-state index >= 15 is 0 Å². The Morgan fingerprint density at radius 2 is 1.88 bits per heavy atom. The number of carbonyl (C=O) groups excluding carboxylic acids is 2. The molecule has 2 amide bonds. The maximum atomic E-state index is 12.5. The average molecular weight is 391 g/mol. The summed E-state index contributed by atoms with van der Waals surface area (Å²) >= 11 is 7.54. The standard InChI is InChI=1S/C20H23ClN2O2S/c1-4-7-19(24)22-15-8-5-9-16(12-15)26-14(3)20(25)23-18-11-6-10-17(21)13(18)2/h5-6,8-12,14H,4,7H2,1-3H3,(H,22,24)(H,23,25). The van der Waals surface area contributed by atoms with Gasteiger partial charge in [0.15, 0.2) is 0 Å². The summed E-state index contributed by atoms with van der Waals surface area (Å²) in [4.78, 5) is 25.1. The van der Waals surface area contributed by atoms with Gasteiger partial charge in [-0.15, -0.1) is 11.8 Å². The van der Waals surface area contributed by atoms with Gasteiger partial charge in [0.2, 0.25) is 11.8 Å². The third-order valence-electron chi connectivity index (χ3n) is 3.80. The van der Waals surface area contributed by atoms with Crippen molar-refractivity contribution in [2.24, 2.45) is 0 Å². The molecule has 0 aliphatic heterocycles. The Kier molecular flexibility index (Phi) is 7.54. The predicted molar refractivity (Wildman–Crippen MR) is 110 cm³/mol. The van der Waals surface area contributed by atoms with Gasteiger partial charge in [0.1, 0.15) is 0 Å². The van der Waals surface area contributed by atoms with Crippen molar-refractivity contribution < 1.29 is 9.59 Å². The lowest BCUT2D eigenvalue weighted by Gasteiger charge is -2.14. The quantitative estimate of drug-likeness (QED) is 0.613. The highest BCUT2D eigenvalue weighted by Crippen LogP contribution is 2.28. The maximum Gasteiger partial charge on any atom is 0.237 e. The molecule has 2 aromatic rings. The molecule has 0 saturated heterocycles. The van der Waals surface area contributed by atoms with E-state index in [4.69, 9.17) is 11.6 Å². The van der Waals surface area contributed by atoms with E-state index in [1.165, 1.54) is 11.8 Å². The Balaban J connectivity index is 2.00. The van der Waals surface area contributed by atoms with Crippen molar-refractivity contribution in [3.8, 4) is 0 Å². The van der Waals surface area contributed by atoms with E-state index in [0.717, 1.165) is 28.3 Å². The van der Waals surface area contributed by atoms with Crippen molar-refractivity contribution in [3.63, 3.8) is 0 Å². The third-order valence-corrected chi connectivity index (χ3v) is 5.31. The SMILES string of the molecule is CCCC(=O)Nc1cccc(SC(C)C(=O)Nc2cccc(Cl)c2C)c1. The molecule has 0 aliphatic rings. The lowest BCUT2D eigenvalue weighted by atomic mass is 10.2. The Hall–Kier alpha value is -1.98. The number of rotatable bonds is 7. The van der Waals surface area contributed by atoms with Gasteiger partial charge in [-0.2, -0.15) is 0 Å². The minimum absolute atomic E-state index is 0.00290. The van der Waals surface area contributed by atoms with Crippen LogP contribution in [0.1, 0.15) is 32.3 Å². The van der Waals surface area contributed by atoms with Crippen LogP contribution in [0.4, 0.5) is 11.4 Å². The van der Waals surface area contributed by atoms with Crippen LogP contribution in [0.15, 0.2) is 47.4 Å². The molecule has 1 unspecified atom stereocenters. The third kappa shape index (κ3) is 5.78. The number of thioether (sulfide) groups is 1. The van der Waals surface area contributed by atoms with Crippen molar-refractivity contribution in [1.29, 1.82) is 0 Å². The van der Waals surface area contributed by atoms with Crippen LogP contribution in [0.2, 0.25) is 5.02 Å². The van der Waals surface area contributed by atoms with Crippen LogP contribution in [0.5, 0.6) is 0 Å². The van der Waals surface area contributed by atoms with Crippen LogP contribution in [0, 0.1) is 6.92 Å². The van der Waals surface area contributed by atoms with Gasteiger partial charge in [-0.25, -0.2) is 0 Å². The fourth-order valence-corrected chi connectivity index (χ4v) is 3.43. The predicted octanol–water partition coefficient (Wildman–Crippen LogP) is 5.51. The molecule has 0 fully saturated rings.